The molecular weight excluding hydrogens is 236 g/mol. The highest BCUT2D eigenvalue weighted by Gasteiger charge is 2.34. The fraction of sp³-hybridized carbons (Fsp3) is 0.562. The monoisotopic (exact) mass is 260 g/mol. The van der Waals surface area contributed by atoms with Gasteiger partial charge in [0.25, 0.3) is 0 Å². The van der Waals surface area contributed by atoms with Crippen LogP contribution in [0.3, 0.4) is 0 Å². The van der Waals surface area contributed by atoms with Crippen LogP contribution in [0.4, 0.5) is 0 Å². The van der Waals surface area contributed by atoms with E-state index in [1.807, 2.05) is 35.2 Å². The van der Waals surface area contributed by atoms with Crippen LogP contribution in [-0.4, -0.2) is 29.4 Å². The Morgan fingerprint density at radius 1 is 1.37 bits per heavy atom. The summed E-state index contributed by atoms with van der Waals surface area (Å²) in [6.45, 7) is 3.02. The molecule has 1 atom stereocenters. The Hall–Kier alpha value is -1.35. The number of amides is 1. The molecule has 0 heterocycles. The summed E-state index contributed by atoms with van der Waals surface area (Å²) in [5.74, 6) is 0.125. The highest BCUT2D eigenvalue weighted by molar-refractivity contribution is 5.82. The molecule has 0 spiro atoms. The van der Waals surface area contributed by atoms with E-state index in [9.17, 15) is 4.79 Å². The maximum atomic E-state index is 12.4. The highest BCUT2D eigenvalue weighted by atomic mass is 16.2. The Bertz CT molecular complexity index is 400. The summed E-state index contributed by atoms with van der Waals surface area (Å²) in [5.41, 5.74) is 7.23. The summed E-state index contributed by atoms with van der Waals surface area (Å²) in [5, 5.41) is 0. The van der Waals surface area contributed by atoms with Crippen molar-refractivity contribution < 1.29 is 4.79 Å². The summed E-state index contributed by atoms with van der Waals surface area (Å²) >= 11 is 0. The molecule has 1 aliphatic rings. The molecular formula is C16H24N2O. The molecule has 1 saturated carbocycles. The van der Waals surface area contributed by atoms with Crippen molar-refractivity contribution in [2.75, 3.05) is 6.54 Å². The number of nitrogens with two attached hydrogens (primary N) is 1. The second-order valence-electron chi connectivity index (χ2n) is 5.41. The van der Waals surface area contributed by atoms with Gasteiger partial charge in [0.15, 0.2) is 0 Å². The first-order valence-electron chi connectivity index (χ1n) is 7.32. The molecule has 3 heteroatoms. The van der Waals surface area contributed by atoms with Gasteiger partial charge < -0.3 is 10.6 Å². The maximum absolute atomic E-state index is 12.4. The standard InChI is InChI=1S/C16H24N2O/c1-2-3-11-18(14-9-10-14)16(19)15(17)12-13-7-5-4-6-8-13/h4-8,14-15H,2-3,9-12,17H2,1H3/t15-/m0/s1. The van der Waals surface area contributed by atoms with E-state index in [2.05, 4.69) is 6.92 Å². The zero-order chi connectivity index (χ0) is 13.7. The minimum atomic E-state index is -0.403. The molecule has 3 nitrogen and oxygen atoms in total. The lowest BCUT2D eigenvalue weighted by Gasteiger charge is -2.25. The van der Waals surface area contributed by atoms with Crippen LogP contribution in [0.2, 0.25) is 0 Å². The molecule has 1 fully saturated rings. The van der Waals surface area contributed by atoms with Crippen LogP contribution in [0.25, 0.3) is 0 Å². The van der Waals surface area contributed by atoms with Crippen LogP contribution >= 0.6 is 0 Å². The number of unbranched alkanes of at least 4 members (excludes halogenated alkanes) is 1. The van der Waals surface area contributed by atoms with E-state index >= 15 is 0 Å². The van der Waals surface area contributed by atoms with E-state index in [1.54, 1.807) is 0 Å². The molecule has 0 aliphatic heterocycles. The van der Waals surface area contributed by atoms with Crippen molar-refractivity contribution in [3.63, 3.8) is 0 Å². The Kier molecular flexibility index (Phi) is 4.97. The SMILES string of the molecule is CCCCN(C(=O)[C@@H](N)Cc1ccccc1)C1CC1. The lowest BCUT2D eigenvalue weighted by atomic mass is 10.1. The fourth-order valence-corrected chi connectivity index (χ4v) is 2.36. The van der Waals surface area contributed by atoms with Crippen LogP contribution < -0.4 is 5.73 Å². The van der Waals surface area contributed by atoms with Gasteiger partial charge in [-0.3, -0.25) is 4.79 Å². The third-order valence-corrected chi connectivity index (χ3v) is 3.64. The molecule has 0 unspecified atom stereocenters. The van der Waals surface area contributed by atoms with Gasteiger partial charge in [0, 0.05) is 12.6 Å². The minimum Gasteiger partial charge on any atom is -0.338 e. The summed E-state index contributed by atoms with van der Waals surface area (Å²) in [4.78, 5) is 14.4. The number of hydrogen-bond acceptors (Lipinski definition) is 2. The first kappa shape index (κ1) is 14.1. The molecule has 0 radical (unpaired) electrons. The van der Waals surface area contributed by atoms with Crippen molar-refractivity contribution in [3.8, 4) is 0 Å². The maximum Gasteiger partial charge on any atom is 0.240 e. The highest BCUT2D eigenvalue weighted by Crippen LogP contribution is 2.27. The number of carbonyl (C=O) groups excluding carboxylic acids is 1. The smallest absolute Gasteiger partial charge is 0.240 e. The Labute approximate surface area is 115 Å². The summed E-state index contributed by atoms with van der Waals surface area (Å²) < 4.78 is 0. The number of benzene rings is 1. The minimum absolute atomic E-state index is 0.125. The van der Waals surface area contributed by atoms with Gasteiger partial charge in [-0.05, 0) is 31.2 Å². The number of hydrogen-bond donors (Lipinski definition) is 1. The normalized spacial score (nSPS) is 16.1. The molecule has 19 heavy (non-hydrogen) atoms. The van der Waals surface area contributed by atoms with E-state index in [0.29, 0.717) is 12.5 Å². The van der Waals surface area contributed by atoms with Crippen molar-refractivity contribution in [2.24, 2.45) is 5.73 Å². The van der Waals surface area contributed by atoms with Gasteiger partial charge in [0.1, 0.15) is 0 Å². The molecule has 1 amide bonds. The van der Waals surface area contributed by atoms with Gasteiger partial charge in [0.05, 0.1) is 6.04 Å². The first-order valence-corrected chi connectivity index (χ1v) is 7.32. The van der Waals surface area contributed by atoms with Crippen LogP contribution in [0.15, 0.2) is 30.3 Å². The Balaban J connectivity index is 1.92. The second-order valence-corrected chi connectivity index (χ2v) is 5.41. The molecule has 1 aliphatic carbocycles. The molecule has 1 aromatic rings. The van der Waals surface area contributed by atoms with Crippen LogP contribution in [0.1, 0.15) is 38.2 Å². The topological polar surface area (TPSA) is 46.3 Å². The second kappa shape index (κ2) is 6.71. The fourth-order valence-electron chi connectivity index (χ4n) is 2.36. The third-order valence-electron chi connectivity index (χ3n) is 3.64. The van der Waals surface area contributed by atoms with E-state index in [1.165, 1.54) is 0 Å². The average molecular weight is 260 g/mol. The average Bonchev–Trinajstić information content (AvgIpc) is 3.24. The van der Waals surface area contributed by atoms with Crippen molar-refractivity contribution in [1.82, 2.24) is 4.90 Å². The molecule has 1 aromatic carbocycles. The quantitative estimate of drug-likeness (QED) is 0.818. The molecule has 0 bridgehead atoms. The van der Waals surface area contributed by atoms with Gasteiger partial charge in [-0.15, -0.1) is 0 Å². The van der Waals surface area contributed by atoms with Crippen LogP contribution in [-0.2, 0) is 11.2 Å². The van der Waals surface area contributed by atoms with Crippen LogP contribution in [0.5, 0.6) is 0 Å². The lowest BCUT2D eigenvalue weighted by Crippen LogP contribution is -2.46. The van der Waals surface area contributed by atoms with Gasteiger partial charge in [0.2, 0.25) is 5.91 Å². The van der Waals surface area contributed by atoms with Gasteiger partial charge in [-0.25, -0.2) is 0 Å². The van der Waals surface area contributed by atoms with Crippen LogP contribution in [0, 0.1) is 0 Å². The molecule has 2 N–H and O–H groups in total. The predicted molar refractivity (Wildman–Crippen MR) is 77.8 cm³/mol. The van der Waals surface area contributed by atoms with E-state index in [0.717, 1.165) is 37.8 Å². The van der Waals surface area contributed by atoms with E-state index < -0.39 is 6.04 Å². The number of rotatable bonds is 7. The summed E-state index contributed by atoms with van der Waals surface area (Å²) in [7, 11) is 0. The van der Waals surface area contributed by atoms with Crippen molar-refractivity contribution in [3.05, 3.63) is 35.9 Å². The van der Waals surface area contributed by atoms with Crippen molar-refractivity contribution in [2.45, 2.75) is 51.1 Å². The van der Waals surface area contributed by atoms with Gasteiger partial charge >= 0.3 is 0 Å². The Morgan fingerprint density at radius 3 is 2.63 bits per heavy atom. The zero-order valence-electron chi connectivity index (χ0n) is 11.7. The van der Waals surface area contributed by atoms with Crippen molar-refractivity contribution in [1.29, 1.82) is 0 Å². The molecule has 0 aromatic heterocycles. The molecule has 104 valence electrons. The van der Waals surface area contributed by atoms with Crippen molar-refractivity contribution >= 4 is 5.91 Å². The van der Waals surface area contributed by atoms with E-state index in [-0.39, 0.29) is 5.91 Å². The predicted octanol–water partition coefficient (Wildman–Crippen LogP) is 2.35. The zero-order valence-corrected chi connectivity index (χ0v) is 11.7. The van der Waals surface area contributed by atoms with Gasteiger partial charge in [-0.2, -0.15) is 0 Å². The lowest BCUT2D eigenvalue weighted by molar-refractivity contribution is -0.133. The summed E-state index contributed by atoms with van der Waals surface area (Å²) in [6.07, 6.45) is 5.11. The molecule has 2 rings (SSSR count). The summed E-state index contributed by atoms with van der Waals surface area (Å²) in [6, 6.07) is 10.1. The number of carbonyl (C=O) groups is 1. The number of nitrogens with zero attached hydrogens (tertiary/aromatic N) is 1. The first-order chi connectivity index (χ1) is 9.22. The van der Waals surface area contributed by atoms with E-state index in [4.69, 9.17) is 5.73 Å². The third kappa shape index (κ3) is 4.06. The largest absolute Gasteiger partial charge is 0.338 e. The molecule has 0 saturated heterocycles. The van der Waals surface area contributed by atoms with Gasteiger partial charge in [-0.1, -0.05) is 43.7 Å². The Morgan fingerprint density at radius 2 is 2.05 bits per heavy atom.